The van der Waals surface area contributed by atoms with Crippen LogP contribution in [0.25, 0.3) is 32.9 Å². The van der Waals surface area contributed by atoms with E-state index in [4.69, 9.17) is 21.3 Å². The minimum atomic E-state index is -0.902. The van der Waals surface area contributed by atoms with E-state index in [0.29, 0.717) is 53.2 Å². The van der Waals surface area contributed by atoms with E-state index in [0.717, 1.165) is 31.2 Å². The second-order valence-electron chi connectivity index (χ2n) is 12.1. The van der Waals surface area contributed by atoms with Gasteiger partial charge in [0.15, 0.2) is 5.82 Å². The smallest absolute Gasteiger partial charge is 0.319 e. The van der Waals surface area contributed by atoms with E-state index in [1.807, 2.05) is 36.2 Å². The van der Waals surface area contributed by atoms with Crippen molar-refractivity contribution in [1.29, 1.82) is 0 Å². The number of alkyl halides is 1. The Hall–Kier alpha value is -3.89. The molecule has 7 rings (SSSR count). The summed E-state index contributed by atoms with van der Waals surface area (Å²) in [7, 11) is 1.85. The first kappa shape index (κ1) is 28.9. The van der Waals surface area contributed by atoms with Crippen LogP contribution in [0.4, 0.5) is 14.6 Å². The second kappa shape index (κ2) is 11.2. The van der Waals surface area contributed by atoms with Gasteiger partial charge in [0.2, 0.25) is 5.91 Å². The number of carbonyl (C=O) groups excluding carboxylic acids is 1. The Morgan fingerprint density at radius 3 is 2.84 bits per heavy atom. The first-order valence-electron chi connectivity index (χ1n) is 15.0. The summed E-state index contributed by atoms with van der Waals surface area (Å²) in [5, 5.41) is 2.47. The second-order valence-corrected chi connectivity index (χ2v) is 12.5. The number of amides is 1. The maximum absolute atomic E-state index is 16.6. The molecule has 3 fully saturated rings. The molecule has 0 bridgehead atoms. The lowest BCUT2D eigenvalue weighted by molar-refractivity contribution is -0.132. The van der Waals surface area contributed by atoms with Gasteiger partial charge in [0.1, 0.15) is 29.8 Å². The van der Waals surface area contributed by atoms with E-state index >= 15 is 4.39 Å². The third-order valence-corrected chi connectivity index (χ3v) is 9.75. The standard InChI is InChI=1S/C33H33ClF2N6O2/c1-3-26(43)42-14-11-22(42)18-40(2)31-24-16-37-29(23-9-4-7-20-8-5-10-25(34)27(20)23)28(36)30(24)38-32(39-31)44-19-33-12-6-13-41(33)17-21(35)15-33/h3-5,7-10,16,21-22H,1,6,11-15,17-19H2,2H3/t21-,22-,33+/m1/s1. The number of fused-ring (bicyclic) bond motifs is 3. The zero-order valence-corrected chi connectivity index (χ0v) is 25.2. The Morgan fingerprint density at radius 1 is 1.25 bits per heavy atom. The van der Waals surface area contributed by atoms with E-state index in [2.05, 4.69) is 21.4 Å². The number of hydrogen-bond acceptors (Lipinski definition) is 7. The lowest BCUT2D eigenvalue weighted by Crippen LogP contribution is -2.55. The van der Waals surface area contributed by atoms with Crippen molar-refractivity contribution < 1.29 is 18.3 Å². The van der Waals surface area contributed by atoms with Gasteiger partial charge in [-0.3, -0.25) is 14.7 Å². The molecule has 0 unspecified atom stereocenters. The molecule has 2 aromatic heterocycles. The Labute approximate surface area is 259 Å². The van der Waals surface area contributed by atoms with E-state index in [1.165, 1.54) is 6.08 Å². The number of aromatic nitrogens is 3. The number of likely N-dealkylation sites (N-methyl/N-ethyl adjacent to an activating group) is 1. The molecule has 3 saturated heterocycles. The highest BCUT2D eigenvalue weighted by Crippen LogP contribution is 2.41. The van der Waals surface area contributed by atoms with E-state index in [9.17, 15) is 9.18 Å². The number of benzene rings is 2. The summed E-state index contributed by atoms with van der Waals surface area (Å²) >= 11 is 6.58. The molecule has 44 heavy (non-hydrogen) atoms. The zero-order valence-electron chi connectivity index (χ0n) is 24.5. The Kier molecular flexibility index (Phi) is 7.37. The molecule has 11 heteroatoms. The van der Waals surface area contributed by atoms with Crippen LogP contribution in [-0.2, 0) is 4.79 Å². The van der Waals surface area contributed by atoms with Crippen LogP contribution in [-0.4, -0.2) is 88.2 Å². The van der Waals surface area contributed by atoms with Gasteiger partial charge in [0, 0.05) is 55.3 Å². The molecular formula is C33H33ClF2N6O2. The summed E-state index contributed by atoms with van der Waals surface area (Å²) in [5.41, 5.74) is 0.321. The van der Waals surface area contributed by atoms with Crippen molar-refractivity contribution in [2.75, 3.05) is 44.7 Å². The van der Waals surface area contributed by atoms with Crippen molar-refractivity contribution in [1.82, 2.24) is 24.8 Å². The van der Waals surface area contributed by atoms with Gasteiger partial charge >= 0.3 is 6.01 Å². The predicted molar refractivity (Wildman–Crippen MR) is 167 cm³/mol. The van der Waals surface area contributed by atoms with Crippen molar-refractivity contribution in [3.05, 3.63) is 66.1 Å². The van der Waals surface area contributed by atoms with Crippen LogP contribution < -0.4 is 9.64 Å². The topological polar surface area (TPSA) is 74.7 Å². The molecule has 3 atom stereocenters. The molecule has 0 aliphatic carbocycles. The molecule has 228 valence electrons. The number of nitrogens with zero attached hydrogens (tertiary/aromatic N) is 6. The van der Waals surface area contributed by atoms with Crippen molar-refractivity contribution in [3.8, 4) is 17.3 Å². The van der Waals surface area contributed by atoms with E-state index in [-0.39, 0.29) is 35.8 Å². The molecule has 4 aromatic rings. The number of rotatable bonds is 8. The normalized spacial score (nSPS) is 23.1. The SMILES string of the molecule is C=CC(=O)N1CC[C@@H]1CN(C)c1nc(OC[C@@]23CCCN2C[C@H](F)C3)nc2c(F)c(-c3cccc4cccc(Cl)c34)ncc12. The summed E-state index contributed by atoms with van der Waals surface area (Å²) in [6, 6.07) is 11.1. The molecule has 3 aliphatic heterocycles. The third kappa shape index (κ3) is 4.84. The zero-order chi connectivity index (χ0) is 30.6. The van der Waals surface area contributed by atoms with Gasteiger partial charge < -0.3 is 14.5 Å². The van der Waals surface area contributed by atoms with Gasteiger partial charge in [0.25, 0.3) is 0 Å². The Balaban J connectivity index is 1.30. The monoisotopic (exact) mass is 618 g/mol. The fraction of sp³-hybridized carbons (Fsp3) is 0.394. The number of pyridine rings is 1. The minimum Gasteiger partial charge on any atom is -0.461 e. The fourth-order valence-corrected chi connectivity index (χ4v) is 7.43. The first-order chi connectivity index (χ1) is 21.3. The van der Waals surface area contributed by atoms with Crippen LogP contribution in [0.1, 0.15) is 25.7 Å². The highest BCUT2D eigenvalue weighted by molar-refractivity contribution is 6.36. The Bertz CT molecular complexity index is 1780. The average molecular weight is 619 g/mol. The number of anilines is 1. The van der Waals surface area contributed by atoms with Gasteiger partial charge in [-0.25, -0.2) is 8.78 Å². The molecule has 8 nitrogen and oxygen atoms in total. The predicted octanol–water partition coefficient (Wildman–Crippen LogP) is 5.82. The molecule has 0 radical (unpaired) electrons. The van der Waals surface area contributed by atoms with Crippen LogP contribution in [0.3, 0.4) is 0 Å². The van der Waals surface area contributed by atoms with Gasteiger partial charge in [-0.05, 0) is 43.3 Å². The van der Waals surface area contributed by atoms with Crippen molar-refractivity contribution in [3.63, 3.8) is 0 Å². The molecular weight excluding hydrogens is 586 g/mol. The quantitative estimate of drug-likeness (QED) is 0.231. The van der Waals surface area contributed by atoms with Gasteiger partial charge in [-0.1, -0.05) is 48.5 Å². The van der Waals surface area contributed by atoms with Gasteiger partial charge in [0.05, 0.1) is 17.0 Å². The third-order valence-electron chi connectivity index (χ3n) is 9.43. The summed E-state index contributed by atoms with van der Waals surface area (Å²) < 4.78 is 37.2. The number of carbonyl (C=O) groups is 1. The van der Waals surface area contributed by atoms with Crippen molar-refractivity contribution >= 4 is 45.0 Å². The molecule has 0 spiro atoms. The summed E-state index contributed by atoms with van der Waals surface area (Å²) in [5.74, 6) is -0.304. The molecule has 0 N–H and O–H groups in total. The fourth-order valence-electron chi connectivity index (χ4n) is 7.15. The van der Waals surface area contributed by atoms with E-state index in [1.54, 1.807) is 23.2 Å². The van der Waals surface area contributed by atoms with Crippen LogP contribution in [0.15, 0.2) is 55.3 Å². The number of halogens is 3. The molecule has 1 amide bonds. The van der Waals surface area contributed by atoms with Crippen LogP contribution in [0.2, 0.25) is 5.02 Å². The van der Waals surface area contributed by atoms with Crippen molar-refractivity contribution in [2.24, 2.45) is 0 Å². The molecule has 3 aliphatic rings. The Morgan fingerprint density at radius 2 is 2.07 bits per heavy atom. The number of ether oxygens (including phenoxy) is 1. The maximum Gasteiger partial charge on any atom is 0.319 e. The summed E-state index contributed by atoms with van der Waals surface area (Å²) in [6.07, 6.45) is 5.02. The van der Waals surface area contributed by atoms with E-state index < -0.39 is 17.5 Å². The molecule has 5 heterocycles. The highest BCUT2D eigenvalue weighted by Gasteiger charge is 2.49. The number of hydrogen-bond donors (Lipinski definition) is 0. The summed E-state index contributed by atoms with van der Waals surface area (Å²) in [4.78, 5) is 31.9. The number of likely N-dealkylation sites (tertiary alicyclic amines) is 1. The lowest BCUT2D eigenvalue weighted by Gasteiger charge is -2.42. The maximum atomic E-state index is 16.6. The molecule has 2 aromatic carbocycles. The minimum absolute atomic E-state index is 0.0162. The van der Waals surface area contributed by atoms with Gasteiger partial charge in [-0.15, -0.1) is 0 Å². The molecule has 0 saturated carbocycles. The van der Waals surface area contributed by atoms with Crippen LogP contribution in [0, 0.1) is 5.82 Å². The lowest BCUT2D eigenvalue weighted by atomic mass is 9.95. The van der Waals surface area contributed by atoms with Crippen molar-refractivity contribution in [2.45, 2.75) is 43.4 Å². The van der Waals surface area contributed by atoms with Crippen LogP contribution in [0.5, 0.6) is 6.01 Å². The van der Waals surface area contributed by atoms with Gasteiger partial charge in [-0.2, -0.15) is 9.97 Å². The average Bonchev–Trinajstić information content (AvgIpc) is 3.53. The largest absolute Gasteiger partial charge is 0.461 e. The van der Waals surface area contributed by atoms with Crippen LogP contribution >= 0.6 is 11.6 Å². The highest BCUT2D eigenvalue weighted by atomic mass is 35.5. The summed E-state index contributed by atoms with van der Waals surface area (Å²) in [6.45, 7) is 6.17. The first-order valence-corrected chi connectivity index (χ1v) is 15.4.